The maximum Gasteiger partial charge on any atom is 0.0859 e. The van der Waals surface area contributed by atoms with Crippen molar-refractivity contribution in [2.24, 2.45) is 4.99 Å². The lowest BCUT2D eigenvalue weighted by molar-refractivity contribution is 0.339. The van der Waals surface area contributed by atoms with Gasteiger partial charge < -0.3 is 4.74 Å². The Morgan fingerprint density at radius 2 is 1.64 bits per heavy atom. The summed E-state index contributed by atoms with van der Waals surface area (Å²) in [6.45, 7) is 2.89. The zero-order chi connectivity index (χ0) is 19.6. The van der Waals surface area contributed by atoms with E-state index in [2.05, 4.69) is 84.7 Å². The van der Waals surface area contributed by atoms with Crippen molar-refractivity contribution in [2.45, 2.75) is 19.8 Å². The van der Waals surface area contributed by atoms with Gasteiger partial charge in [-0.3, -0.25) is 4.99 Å². The van der Waals surface area contributed by atoms with Crippen molar-refractivity contribution in [3.63, 3.8) is 0 Å². The summed E-state index contributed by atoms with van der Waals surface area (Å²) in [5, 5.41) is 0. The SMILES string of the molecule is CO/C=C(/C)c1ccccc1Cc1cccc(C=NCCc2ccccc2)c1. The molecule has 0 bridgehead atoms. The second-order valence-electron chi connectivity index (χ2n) is 6.89. The lowest BCUT2D eigenvalue weighted by Crippen LogP contribution is -1.96. The molecule has 0 fully saturated rings. The molecule has 0 unspecified atom stereocenters. The molecule has 3 rings (SSSR count). The average Bonchev–Trinajstić information content (AvgIpc) is 2.73. The van der Waals surface area contributed by atoms with Gasteiger partial charge in [0.2, 0.25) is 0 Å². The van der Waals surface area contributed by atoms with E-state index in [4.69, 9.17) is 4.74 Å². The number of ether oxygens (including phenoxy) is 1. The van der Waals surface area contributed by atoms with Crippen LogP contribution in [0.3, 0.4) is 0 Å². The average molecular weight is 370 g/mol. The molecular formula is C26H27NO. The van der Waals surface area contributed by atoms with Gasteiger partial charge in [-0.25, -0.2) is 0 Å². The molecule has 0 spiro atoms. The number of hydrogen-bond donors (Lipinski definition) is 0. The van der Waals surface area contributed by atoms with Gasteiger partial charge in [0.15, 0.2) is 0 Å². The van der Waals surface area contributed by atoms with Gasteiger partial charge in [-0.15, -0.1) is 0 Å². The second kappa shape index (κ2) is 10.3. The summed E-state index contributed by atoms with van der Waals surface area (Å²) in [5.74, 6) is 0. The first kappa shape index (κ1) is 19.6. The lowest BCUT2D eigenvalue weighted by atomic mass is 9.95. The van der Waals surface area contributed by atoms with E-state index in [9.17, 15) is 0 Å². The zero-order valence-corrected chi connectivity index (χ0v) is 16.6. The minimum absolute atomic E-state index is 0.804. The van der Waals surface area contributed by atoms with Crippen LogP contribution in [-0.4, -0.2) is 19.9 Å². The van der Waals surface area contributed by atoms with Gasteiger partial charge in [-0.1, -0.05) is 72.8 Å². The normalized spacial score (nSPS) is 11.7. The molecule has 0 saturated carbocycles. The highest BCUT2D eigenvalue weighted by Crippen LogP contribution is 2.22. The molecule has 0 amide bonds. The van der Waals surface area contributed by atoms with E-state index in [1.54, 1.807) is 13.4 Å². The fourth-order valence-electron chi connectivity index (χ4n) is 3.31. The van der Waals surface area contributed by atoms with Crippen LogP contribution in [0.4, 0.5) is 0 Å². The Hall–Kier alpha value is -3.13. The third-order valence-electron chi connectivity index (χ3n) is 4.70. The van der Waals surface area contributed by atoms with E-state index >= 15 is 0 Å². The van der Waals surface area contributed by atoms with Crippen molar-refractivity contribution in [3.05, 3.63) is 113 Å². The third-order valence-corrected chi connectivity index (χ3v) is 4.70. The molecular weight excluding hydrogens is 342 g/mol. The summed E-state index contributed by atoms with van der Waals surface area (Å²) in [6.07, 6.45) is 5.63. The van der Waals surface area contributed by atoms with Crippen LogP contribution in [0.15, 0.2) is 90.1 Å². The number of hydrogen-bond acceptors (Lipinski definition) is 2. The van der Waals surface area contributed by atoms with Crippen molar-refractivity contribution >= 4 is 11.8 Å². The topological polar surface area (TPSA) is 21.6 Å². The first-order chi connectivity index (χ1) is 13.8. The molecule has 3 aromatic carbocycles. The van der Waals surface area contributed by atoms with Crippen LogP contribution in [0, 0.1) is 0 Å². The van der Waals surface area contributed by atoms with Gasteiger partial charge >= 0.3 is 0 Å². The van der Waals surface area contributed by atoms with Crippen LogP contribution >= 0.6 is 0 Å². The van der Waals surface area contributed by atoms with Crippen LogP contribution in [0.5, 0.6) is 0 Å². The summed E-state index contributed by atoms with van der Waals surface area (Å²) in [7, 11) is 1.69. The second-order valence-corrected chi connectivity index (χ2v) is 6.89. The molecule has 0 aliphatic rings. The molecule has 3 aromatic rings. The van der Waals surface area contributed by atoms with Gasteiger partial charge in [0, 0.05) is 12.8 Å². The van der Waals surface area contributed by atoms with E-state index in [1.165, 1.54) is 22.3 Å². The number of rotatable bonds is 8. The fourth-order valence-corrected chi connectivity index (χ4v) is 3.31. The van der Waals surface area contributed by atoms with Crippen LogP contribution in [-0.2, 0) is 17.6 Å². The van der Waals surface area contributed by atoms with Crippen LogP contribution in [0.25, 0.3) is 5.57 Å². The molecule has 0 N–H and O–H groups in total. The molecule has 0 saturated heterocycles. The monoisotopic (exact) mass is 369 g/mol. The Balaban J connectivity index is 1.67. The standard InChI is InChI=1S/C26H27NO/c1-21(20-28-2)26-14-7-6-13-25(26)18-23-11-8-12-24(17-23)19-27-16-15-22-9-4-3-5-10-22/h3-14,17,19-20H,15-16,18H2,1-2H3/b21-20-,27-19?. The van der Waals surface area contributed by atoms with Crippen LogP contribution in [0.1, 0.15) is 34.7 Å². The summed E-state index contributed by atoms with van der Waals surface area (Å²) < 4.78 is 5.19. The highest BCUT2D eigenvalue weighted by molar-refractivity contribution is 5.80. The predicted molar refractivity (Wildman–Crippen MR) is 119 cm³/mol. The Morgan fingerprint density at radius 1 is 0.893 bits per heavy atom. The molecule has 28 heavy (non-hydrogen) atoms. The molecule has 0 aliphatic heterocycles. The zero-order valence-electron chi connectivity index (χ0n) is 16.6. The lowest BCUT2D eigenvalue weighted by Gasteiger charge is -2.10. The number of benzene rings is 3. The Bertz CT molecular complexity index is 941. The summed E-state index contributed by atoms with van der Waals surface area (Å²) >= 11 is 0. The maximum atomic E-state index is 5.19. The van der Waals surface area contributed by atoms with Crippen molar-refractivity contribution in [3.8, 4) is 0 Å². The van der Waals surface area contributed by atoms with Crippen molar-refractivity contribution in [1.82, 2.24) is 0 Å². The quantitative estimate of drug-likeness (QED) is 0.355. The molecule has 2 nitrogen and oxygen atoms in total. The van der Waals surface area contributed by atoms with E-state index in [0.717, 1.165) is 30.5 Å². The van der Waals surface area contributed by atoms with Gasteiger partial charge in [0.25, 0.3) is 0 Å². The third kappa shape index (κ3) is 5.68. The number of nitrogens with zero attached hydrogens (tertiary/aromatic N) is 1. The smallest absolute Gasteiger partial charge is 0.0859 e. The summed E-state index contributed by atoms with van der Waals surface area (Å²) in [6, 6.07) is 27.6. The van der Waals surface area contributed by atoms with Gasteiger partial charge in [0.05, 0.1) is 13.4 Å². The van der Waals surface area contributed by atoms with Crippen molar-refractivity contribution in [2.75, 3.05) is 13.7 Å². The molecule has 0 heterocycles. The molecule has 0 aromatic heterocycles. The van der Waals surface area contributed by atoms with E-state index in [-0.39, 0.29) is 0 Å². The largest absolute Gasteiger partial charge is 0.504 e. The van der Waals surface area contributed by atoms with E-state index in [0.29, 0.717) is 0 Å². The predicted octanol–water partition coefficient (Wildman–Crippen LogP) is 5.95. The number of methoxy groups -OCH3 is 1. The Kier molecular flexibility index (Phi) is 7.20. The first-order valence-corrected chi connectivity index (χ1v) is 9.67. The Labute approximate surface area is 168 Å². The van der Waals surface area contributed by atoms with E-state index < -0.39 is 0 Å². The molecule has 2 heteroatoms. The van der Waals surface area contributed by atoms with Gasteiger partial charge in [-0.2, -0.15) is 0 Å². The maximum absolute atomic E-state index is 5.19. The summed E-state index contributed by atoms with van der Waals surface area (Å²) in [4.78, 5) is 4.60. The molecule has 0 aliphatic carbocycles. The van der Waals surface area contributed by atoms with Gasteiger partial charge in [-0.05, 0) is 59.2 Å². The minimum atomic E-state index is 0.804. The highest BCUT2D eigenvalue weighted by Gasteiger charge is 2.05. The minimum Gasteiger partial charge on any atom is -0.504 e. The van der Waals surface area contributed by atoms with Gasteiger partial charge in [0.1, 0.15) is 0 Å². The highest BCUT2D eigenvalue weighted by atomic mass is 16.5. The molecule has 0 atom stereocenters. The van der Waals surface area contributed by atoms with Crippen molar-refractivity contribution < 1.29 is 4.74 Å². The fraction of sp³-hybridized carbons (Fsp3) is 0.192. The Morgan fingerprint density at radius 3 is 2.46 bits per heavy atom. The van der Waals surface area contributed by atoms with Crippen molar-refractivity contribution in [1.29, 1.82) is 0 Å². The molecule has 142 valence electrons. The first-order valence-electron chi connectivity index (χ1n) is 9.67. The number of allylic oxidation sites excluding steroid dienone is 1. The number of aliphatic imine (C=N–C) groups is 1. The molecule has 0 radical (unpaired) electrons. The van der Waals surface area contributed by atoms with E-state index in [1.807, 2.05) is 12.3 Å². The summed E-state index contributed by atoms with van der Waals surface area (Å²) in [5.41, 5.74) is 7.41. The van der Waals surface area contributed by atoms with Crippen LogP contribution in [0.2, 0.25) is 0 Å². The van der Waals surface area contributed by atoms with Crippen LogP contribution < -0.4 is 0 Å².